The third kappa shape index (κ3) is 13.3. The Bertz CT molecular complexity index is 4550. The van der Waals surface area contributed by atoms with Crippen molar-refractivity contribution in [3.8, 4) is 0 Å². The molecule has 0 aliphatic carbocycles. The maximum Gasteiger partial charge on any atom is 0.416 e. The molecule has 0 bridgehead atoms. The first kappa shape index (κ1) is 64.0. The predicted molar refractivity (Wildman–Crippen MR) is 351 cm³/mol. The van der Waals surface area contributed by atoms with Gasteiger partial charge in [0.1, 0.15) is 5.82 Å². The summed E-state index contributed by atoms with van der Waals surface area (Å²) in [6.07, 6.45) is 8.94. The van der Waals surface area contributed by atoms with Crippen LogP contribution in [-0.4, -0.2) is 155 Å². The van der Waals surface area contributed by atoms with Gasteiger partial charge in [-0.1, -0.05) is 36.4 Å². The fourth-order valence-corrected chi connectivity index (χ4v) is 15.3. The lowest BCUT2D eigenvalue weighted by atomic mass is 9.98. The second kappa shape index (κ2) is 25.5. The quantitative estimate of drug-likeness (QED) is 0.108. The average Bonchev–Trinajstić information content (AvgIpc) is 1.75. The molecule has 0 saturated heterocycles. The number of rotatable bonds is 12. The van der Waals surface area contributed by atoms with E-state index in [2.05, 4.69) is 33.9 Å². The van der Waals surface area contributed by atoms with Crippen LogP contribution in [0.15, 0.2) is 185 Å². The molecule has 0 radical (unpaired) electrons. The summed E-state index contributed by atoms with van der Waals surface area (Å²) in [5, 5.41) is 1.88. The van der Waals surface area contributed by atoms with Crippen molar-refractivity contribution in [1.82, 2.24) is 26.6 Å². The monoisotopic (exact) mass is 1270 g/mol. The highest BCUT2D eigenvalue weighted by Gasteiger charge is 2.33. The summed E-state index contributed by atoms with van der Waals surface area (Å²) >= 11 is 0. The second-order valence-corrected chi connectivity index (χ2v) is 28.8. The lowest BCUT2D eigenvalue weighted by Crippen LogP contribution is -2.23. The van der Waals surface area contributed by atoms with Crippen molar-refractivity contribution in [2.24, 2.45) is 0 Å². The maximum atomic E-state index is 14.0. The number of halogens is 4. The Morgan fingerprint density at radius 1 is 0.404 bits per heavy atom. The molecule has 6 aromatic carbocycles. The van der Waals surface area contributed by atoms with Crippen LogP contribution in [-0.2, 0) is 36.2 Å². The van der Waals surface area contributed by atoms with Crippen LogP contribution in [0.3, 0.4) is 0 Å². The number of para-hydroxylation sites is 1. The number of nitrogens with zero attached hydrogens (tertiary/aromatic N) is 9. The first-order chi connectivity index (χ1) is 42.1. The largest absolute Gasteiger partial charge is 0.416 e. The molecule has 468 valence electrons. The number of hydrogen-bond donors (Lipinski definition) is 0. The molecule has 89 heavy (non-hydrogen) atoms. The van der Waals surface area contributed by atoms with Crippen molar-refractivity contribution in [2.45, 2.75) is 40.1 Å². The Balaban J connectivity index is 0.000000147. The van der Waals surface area contributed by atoms with Crippen LogP contribution in [0.5, 0.6) is 0 Å². The molecular weight excluding hydrogens is 1200 g/mol. The summed E-state index contributed by atoms with van der Waals surface area (Å²) in [4.78, 5) is 12.8. The topological polar surface area (TPSA) is 137 Å². The third-order valence-corrected chi connectivity index (χ3v) is 21.6. The van der Waals surface area contributed by atoms with Crippen LogP contribution in [0, 0.1) is 5.82 Å². The highest BCUT2D eigenvalue weighted by molar-refractivity contribution is 7.90. The van der Waals surface area contributed by atoms with E-state index in [1.165, 1.54) is 56.1 Å². The van der Waals surface area contributed by atoms with Crippen molar-refractivity contribution < 1.29 is 42.8 Å². The number of fused-ring (bicyclic) bond motifs is 3. The molecule has 3 aromatic heterocycles. The molecule has 6 heterocycles. The van der Waals surface area contributed by atoms with E-state index in [1.54, 1.807) is 60.9 Å². The van der Waals surface area contributed by atoms with Crippen LogP contribution < -0.4 is 14.7 Å². The van der Waals surface area contributed by atoms with Gasteiger partial charge in [-0.25, -0.2) is 41.6 Å². The molecular formula is C67H73F4N9O6S3. The SMILES string of the molecule is CN1CC=C(c2cn(S(=O)(=O)c3ccc(N(C)C)cc3)c3ccc(C(F)(F)F)cc23)CC1.CN1CC=C(c2cn(S(=O)(=O)c3ccc(N(C)C)cc3)c3ccc(F)cc23)CC1.CN1CC=C(c2cn(S(=O)(=O)c3ccc(N(C)C)cc3)c3ccccc23)CC1. The van der Waals surface area contributed by atoms with Crippen molar-refractivity contribution in [1.29, 1.82) is 0 Å². The Labute approximate surface area is 519 Å². The van der Waals surface area contributed by atoms with Crippen LogP contribution in [0.2, 0.25) is 0 Å². The lowest BCUT2D eigenvalue weighted by molar-refractivity contribution is -0.137. The maximum absolute atomic E-state index is 14.0. The van der Waals surface area contributed by atoms with Crippen LogP contribution in [0.25, 0.3) is 49.4 Å². The minimum Gasteiger partial charge on any atom is -0.378 e. The molecule has 0 atom stereocenters. The van der Waals surface area contributed by atoms with Gasteiger partial charge in [0.25, 0.3) is 30.1 Å². The number of likely N-dealkylation sites (N-methyl/N-ethyl adjacent to an activating group) is 3. The van der Waals surface area contributed by atoms with Gasteiger partial charge in [0.15, 0.2) is 0 Å². The van der Waals surface area contributed by atoms with Crippen LogP contribution in [0.4, 0.5) is 34.6 Å². The Kier molecular flexibility index (Phi) is 18.3. The summed E-state index contributed by atoms with van der Waals surface area (Å²) in [5.41, 5.74) is 8.78. The third-order valence-electron chi connectivity index (χ3n) is 16.5. The van der Waals surface area contributed by atoms with Crippen LogP contribution in [0.1, 0.15) is 41.5 Å². The van der Waals surface area contributed by atoms with E-state index in [-0.39, 0.29) is 26.5 Å². The van der Waals surface area contributed by atoms with Gasteiger partial charge < -0.3 is 29.4 Å². The van der Waals surface area contributed by atoms with E-state index in [0.717, 1.165) is 106 Å². The molecule has 0 amide bonds. The number of benzene rings is 6. The van der Waals surface area contributed by atoms with Crippen LogP contribution >= 0.6 is 0 Å². The molecule has 15 nitrogen and oxygen atoms in total. The first-order valence-corrected chi connectivity index (χ1v) is 33.3. The molecule has 0 saturated carbocycles. The summed E-state index contributed by atoms with van der Waals surface area (Å²) in [6, 6.07) is 35.4. The van der Waals surface area contributed by atoms with E-state index >= 15 is 0 Å². The molecule has 0 N–H and O–H groups in total. The van der Waals surface area contributed by atoms with Gasteiger partial charge in [0.05, 0.1) is 36.8 Å². The number of anilines is 3. The summed E-state index contributed by atoms with van der Waals surface area (Å²) in [6.45, 7) is 4.93. The van der Waals surface area contributed by atoms with Crippen molar-refractivity contribution in [2.75, 3.05) is 117 Å². The standard InChI is InChI=1S/C23H24F3N3O2S.C22H24FN3O2S.C22H25N3O2S/c1-27(2)18-5-7-19(8-6-18)32(30,31)29-15-21(16-10-12-28(3)13-11-16)20-14-17(23(24,25)26)4-9-22(20)29;1-24(2)18-5-7-19(8-6-18)29(27,28)26-15-21(16-10-12-25(3)13-11-16)20-14-17(23)4-9-22(20)26;1-23(2)18-8-10-19(11-9-18)28(26,27)25-16-21(17-12-14-24(3)15-13-17)20-6-4-5-7-22(20)25/h4-10,14-15H,11-13H2,1-3H3;4-10,14-15H,11-13H2,1-3H3;4-12,16H,13-15H2,1-3H3. The molecule has 12 rings (SSSR count). The molecule has 0 spiro atoms. The summed E-state index contributed by atoms with van der Waals surface area (Å²) in [5.74, 6) is -0.377. The number of aromatic nitrogens is 3. The fraction of sp³-hybridized carbons (Fsp3) is 0.284. The smallest absolute Gasteiger partial charge is 0.378 e. The Morgan fingerprint density at radius 3 is 1.07 bits per heavy atom. The molecule has 22 heteroatoms. The number of hydrogen-bond acceptors (Lipinski definition) is 12. The molecule has 3 aliphatic heterocycles. The van der Waals surface area contributed by atoms with E-state index < -0.39 is 41.8 Å². The normalized spacial score (nSPS) is 15.6. The summed E-state index contributed by atoms with van der Waals surface area (Å²) < 4.78 is 139. The fourth-order valence-electron chi connectivity index (χ4n) is 11.2. The van der Waals surface area contributed by atoms with E-state index in [1.807, 2.05) is 114 Å². The zero-order valence-electron chi connectivity index (χ0n) is 51.2. The zero-order chi connectivity index (χ0) is 63.9. The number of alkyl halides is 3. The lowest BCUT2D eigenvalue weighted by Gasteiger charge is -2.21. The second-order valence-electron chi connectivity index (χ2n) is 23.3. The van der Waals surface area contributed by atoms with Crippen molar-refractivity contribution in [3.63, 3.8) is 0 Å². The summed E-state index contributed by atoms with van der Waals surface area (Å²) in [7, 11) is 5.97. The average molecular weight is 1270 g/mol. The van der Waals surface area contributed by atoms with Gasteiger partial charge in [-0.15, -0.1) is 0 Å². The van der Waals surface area contributed by atoms with Gasteiger partial charge in [-0.2, -0.15) is 13.2 Å². The van der Waals surface area contributed by atoms with E-state index in [0.29, 0.717) is 39.8 Å². The predicted octanol–water partition coefficient (Wildman–Crippen LogP) is 12.1. The van der Waals surface area contributed by atoms with Crippen molar-refractivity contribution in [3.05, 3.63) is 198 Å². The molecule has 9 aromatic rings. The molecule has 0 unspecified atom stereocenters. The van der Waals surface area contributed by atoms with Crippen molar-refractivity contribution >= 4 is 96.6 Å². The van der Waals surface area contributed by atoms with E-state index in [9.17, 15) is 42.8 Å². The minimum atomic E-state index is -4.52. The van der Waals surface area contributed by atoms with Gasteiger partial charge in [-0.05, 0) is 172 Å². The Hall–Kier alpha value is -7.99. The highest BCUT2D eigenvalue weighted by atomic mass is 32.2. The zero-order valence-corrected chi connectivity index (χ0v) is 53.7. The van der Waals surface area contributed by atoms with Gasteiger partial charge >= 0.3 is 6.18 Å². The van der Waals surface area contributed by atoms with Gasteiger partial charge in [0, 0.05) is 150 Å². The molecule has 3 aliphatic rings. The highest BCUT2D eigenvalue weighted by Crippen LogP contribution is 2.39. The molecule has 0 fully saturated rings. The van der Waals surface area contributed by atoms with Gasteiger partial charge in [0.2, 0.25) is 0 Å². The first-order valence-electron chi connectivity index (χ1n) is 29.0. The minimum absolute atomic E-state index is 0.0730. The van der Waals surface area contributed by atoms with E-state index in [4.69, 9.17) is 0 Å². The Morgan fingerprint density at radius 2 is 0.730 bits per heavy atom. The van der Waals surface area contributed by atoms with Gasteiger partial charge in [-0.3, -0.25) is 0 Å².